The highest BCUT2D eigenvalue weighted by molar-refractivity contribution is 5.99. The van der Waals surface area contributed by atoms with Crippen molar-refractivity contribution in [2.75, 3.05) is 29.5 Å². The van der Waals surface area contributed by atoms with E-state index >= 15 is 4.39 Å². The zero-order valence-electron chi connectivity index (χ0n) is 23.4. The van der Waals surface area contributed by atoms with Crippen molar-refractivity contribution in [3.05, 3.63) is 66.0 Å². The fraction of sp³-hybridized carbons (Fsp3) is 0.321. The number of nitrogens with one attached hydrogen (secondary N) is 2. The Kier molecular flexibility index (Phi) is 7.58. The summed E-state index contributed by atoms with van der Waals surface area (Å²) in [5.74, 6) is -1.11. The van der Waals surface area contributed by atoms with E-state index in [9.17, 15) is 22.8 Å². The number of ether oxygens (including phenoxy) is 1. The first-order valence-electron chi connectivity index (χ1n) is 13.2. The number of amides is 3. The van der Waals surface area contributed by atoms with Crippen molar-refractivity contribution in [3.63, 3.8) is 0 Å². The van der Waals surface area contributed by atoms with Gasteiger partial charge in [0.25, 0.3) is 0 Å². The third-order valence-electron chi connectivity index (χ3n) is 6.73. The molecule has 1 saturated heterocycles. The SMILES string of the molecule is CC(C)(C)OC(=O)N1CCC(c2cc(-c3ccc(NC(=O)Nc4cc(C(F)(F)F)ccn4)c(F)c3)c3c(N)ncnn23)C1. The van der Waals surface area contributed by atoms with Crippen LogP contribution in [0.4, 0.5) is 44.5 Å². The van der Waals surface area contributed by atoms with E-state index in [1.165, 1.54) is 18.5 Å². The zero-order valence-corrected chi connectivity index (χ0v) is 23.4. The van der Waals surface area contributed by atoms with E-state index in [0.717, 1.165) is 18.0 Å². The number of fused-ring (bicyclic) bond motifs is 1. The molecule has 1 aliphatic rings. The predicted octanol–water partition coefficient (Wildman–Crippen LogP) is 5.90. The first kappa shape index (κ1) is 29.5. The molecule has 4 N–H and O–H groups in total. The highest BCUT2D eigenvalue weighted by Gasteiger charge is 2.33. The van der Waals surface area contributed by atoms with Crippen LogP contribution in [0.3, 0.4) is 0 Å². The van der Waals surface area contributed by atoms with Gasteiger partial charge in [0.05, 0.1) is 11.3 Å². The van der Waals surface area contributed by atoms with Gasteiger partial charge in [-0.05, 0) is 63.1 Å². The number of hydrogen-bond acceptors (Lipinski definition) is 7. The Bertz CT molecular complexity index is 1700. The van der Waals surface area contributed by atoms with Gasteiger partial charge in [-0.25, -0.2) is 28.5 Å². The van der Waals surface area contributed by atoms with E-state index in [4.69, 9.17) is 10.5 Å². The van der Waals surface area contributed by atoms with Crippen molar-refractivity contribution in [2.24, 2.45) is 0 Å². The molecule has 4 aromatic rings. The first-order valence-corrected chi connectivity index (χ1v) is 13.2. The lowest BCUT2D eigenvalue weighted by molar-refractivity contribution is -0.137. The van der Waals surface area contributed by atoms with E-state index < -0.39 is 35.3 Å². The van der Waals surface area contributed by atoms with Gasteiger partial charge < -0.3 is 20.7 Å². The number of likely N-dealkylation sites (tertiary alicyclic amines) is 1. The quantitative estimate of drug-likeness (QED) is 0.248. The topological polar surface area (TPSA) is 140 Å². The molecular weight excluding hydrogens is 572 g/mol. The van der Waals surface area contributed by atoms with Crippen LogP contribution in [0.25, 0.3) is 16.6 Å². The van der Waals surface area contributed by atoms with Crippen LogP contribution in [0.1, 0.15) is 44.4 Å². The van der Waals surface area contributed by atoms with Crippen LogP contribution in [0.5, 0.6) is 0 Å². The minimum atomic E-state index is -4.62. The number of nitrogens with zero attached hydrogens (tertiary/aromatic N) is 5. The number of nitrogen functional groups attached to an aromatic ring is 1. The Balaban J connectivity index is 1.37. The Morgan fingerprint density at radius 1 is 1.07 bits per heavy atom. The first-order chi connectivity index (χ1) is 20.2. The molecule has 1 atom stereocenters. The average molecular weight is 601 g/mol. The van der Waals surface area contributed by atoms with E-state index in [0.29, 0.717) is 42.2 Å². The number of anilines is 3. The minimum absolute atomic E-state index is 0.109. The predicted molar refractivity (Wildman–Crippen MR) is 150 cm³/mol. The number of halogens is 4. The monoisotopic (exact) mass is 600 g/mol. The van der Waals surface area contributed by atoms with Crippen LogP contribution >= 0.6 is 0 Å². The molecule has 43 heavy (non-hydrogen) atoms. The van der Waals surface area contributed by atoms with E-state index in [-0.39, 0.29) is 23.2 Å². The number of aromatic nitrogens is 4. The van der Waals surface area contributed by atoms with Gasteiger partial charge in [-0.1, -0.05) is 6.07 Å². The Hall–Kier alpha value is -4.95. The fourth-order valence-electron chi connectivity index (χ4n) is 4.83. The molecule has 0 bridgehead atoms. The molecule has 11 nitrogen and oxygen atoms in total. The second-order valence-corrected chi connectivity index (χ2v) is 11.0. The molecule has 0 aliphatic carbocycles. The van der Waals surface area contributed by atoms with Crippen LogP contribution in [-0.4, -0.2) is 55.3 Å². The van der Waals surface area contributed by atoms with Crippen LogP contribution in [0.15, 0.2) is 48.9 Å². The lowest BCUT2D eigenvalue weighted by Gasteiger charge is -2.24. The van der Waals surface area contributed by atoms with Crippen molar-refractivity contribution in [1.82, 2.24) is 24.5 Å². The summed E-state index contributed by atoms with van der Waals surface area (Å²) in [7, 11) is 0. The molecule has 1 aliphatic heterocycles. The molecule has 15 heteroatoms. The third kappa shape index (κ3) is 6.44. The fourth-order valence-corrected chi connectivity index (χ4v) is 4.83. The molecule has 5 rings (SSSR count). The standard InChI is InChI=1S/C28H28F4N8O3/c1-27(2,3)43-26(42)39-9-7-16(13-39)21-12-18(23-24(33)35-14-36-40(21)23)15-4-5-20(19(29)10-15)37-25(41)38-22-11-17(6-8-34-22)28(30,31)32/h4-6,8,10-12,14,16H,7,9,13H2,1-3H3,(H2,33,35,36)(H2,34,37,38,41). The Labute approximate surface area is 243 Å². The summed E-state index contributed by atoms with van der Waals surface area (Å²) in [6.07, 6.45) is -2.18. The normalized spacial score (nSPS) is 15.5. The smallest absolute Gasteiger partial charge is 0.416 e. The molecule has 0 radical (unpaired) electrons. The summed E-state index contributed by atoms with van der Waals surface area (Å²) in [5, 5.41) is 8.80. The van der Waals surface area contributed by atoms with Crippen LogP contribution < -0.4 is 16.4 Å². The summed E-state index contributed by atoms with van der Waals surface area (Å²) < 4.78 is 61.2. The summed E-state index contributed by atoms with van der Waals surface area (Å²) in [6, 6.07) is 6.31. The number of carbonyl (C=O) groups is 2. The van der Waals surface area contributed by atoms with E-state index in [1.54, 1.807) is 36.3 Å². The second kappa shape index (κ2) is 11.0. The molecule has 1 fully saturated rings. The van der Waals surface area contributed by atoms with Gasteiger partial charge in [-0.2, -0.15) is 18.3 Å². The van der Waals surface area contributed by atoms with Gasteiger partial charge in [0.1, 0.15) is 29.1 Å². The summed E-state index contributed by atoms with van der Waals surface area (Å²) in [5.41, 5.74) is 6.50. The minimum Gasteiger partial charge on any atom is -0.444 e. The van der Waals surface area contributed by atoms with Crippen LogP contribution in [0, 0.1) is 5.82 Å². The number of urea groups is 1. The van der Waals surface area contributed by atoms with Gasteiger partial charge in [0.2, 0.25) is 0 Å². The maximum atomic E-state index is 15.2. The molecule has 3 amide bonds. The van der Waals surface area contributed by atoms with Gasteiger partial charge in [-0.3, -0.25) is 5.32 Å². The highest BCUT2D eigenvalue weighted by atomic mass is 19.4. The molecule has 226 valence electrons. The second-order valence-electron chi connectivity index (χ2n) is 11.0. The number of alkyl halides is 3. The highest BCUT2D eigenvalue weighted by Crippen LogP contribution is 2.37. The zero-order chi connectivity index (χ0) is 31.1. The molecule has 4 heterocycles. The van der Waals surface area contributed by atoms with Crippen molar-refractivity contribution in [2.45, 2.75) is 44.9 Å². The lowest BCUT2D eigenvalue weighted by atomic mass is 10.0. The lowest BCUT2D eigenvalue weighted by Crippen LogP contribution is -2.35. The molecular formula is C28H28F4N8O3. The molecule has 0 spiro atoms. The maximum absolute atomic E-state index is 15.2. The van der Waals surface area contributed by atoms with Gasteiger partial charge in [-0.15, -0.1) is 0 Å². The average Bonchev–Trinajstić information content (AvgIpc) is 3.55. The van der Waals surface area contributed by atoms with Crippen molar-refractivity contribution < 1.29 is 31.9 Å². The number of carbonyl (C=O) groups excluding carboxylic acids is 2. The third-order valence-corrected chi connectivity index (χ3v) is 6.73. The Morgan fingerprint density at radius 2 is 1.84 bits per heavy atom. The molecule has 0 saturated carbocycles. The van der Waals surface area contributed by atoms with Crippen molar-refractivity contribution in [1.29, 1.82) is 0 Å². The summed E-state index contributed by atoms with van der Waals surface area (Å²) >= 11 is 0. The van der Waals surface area contributed by atoms with Crippen molar-refractivity contribution in [3.8, 4) is 11.1 Å². The number of benzene rings is 1. The Morgan fingerprint density at radius 3 is 2.53 bits per heavy atom. The summed E-state index contributed by atoms with van der Waals surface area (Å²) in [6.45, 7) is 6.26. The van der Waals surface area contributed by atoms with Gasteiger partial charge in [0, 0.05) is 36.5 Å². The number of hydrogen-bond donors (Lipinski definition) is 3. The molecule has 1 aromatic carbocycles. The number of pyridine rings is 1. The van der Waals surface area contributed by atoms with E-state index in [2.05, 4.69) is 25.7 Å². The van der Waals surface area contributed by atoms with Gasteiger partial charge in [0.15, 0.2) is 5.82 Å². The largest absolute Gasteiger partial charge is 0.444 e. The van der Waals surface area contributed by atoms with Crippen LogP contribution in [0.2, 0.25) is 0 Å². The summed E-state index contributed by atoms with van der Waals surface area (Å²) in [4.78, 5) is 34.4. The molecule has 1 unspecified atom stereocenters. The van der Waals surface area contributed by atoms with Crippen LogP contribution in [-0.2, 0) is 10.9 Å². The van der Waals surface area contributed by atoms with E-state index in [1.807, 2.05) is 6.07 Å². The number of nitrogens with two attached hydrogens (primary N) is 1. The van der Waals surface area contributed by atoms with Gasteiger partial charge >= 0.3 is 18.3 Å². The van der Waals surface area contributed by atoms with Crippen molar-refractivity contribution >= 4 is 35.0 Å². The molecule has 3 aromatic heterocycles. The number of rotatable bonds is 4. The maximum Gasteiger partial charge on any atom is 0.416 e.